The van der Waals surface area contributed by atoms with Crippen molar-refractivity contribution in [3.63, 3.8) is 0 Å². The predicted molar refractivity (Wildman–Crippen MR) is 160 cm³/mol. The summed E-state index contributed by atoms with van der Waals surface area (Å²) in [7, 11) is 3.33. The largest absolute Gasteiger partial charge is 0.292 e. The molecule has 2 heterocycles. The Morgan fingerprint density at radius 1 is 0.622 bits per heavy atom. The number of hydrogen-bond donors (Lipinski definition) is 0. The molecule has 37 heavy (non-hydrogen) atoms. The van der Waals surface area contributed by atoms with E-state index in [-0.39, 0.29) is 0 Å². The molecule has 0 radical (unpaired) electrons. The topological polar surface area (TPSA) is 3.24 Å². The van der Waals surface area contributed by atoms with Crippen molar-refractivity contribution in [2.75, 3.05) is 0 Å². The van der Waals surface area contributed by atoms with Gasteiger partial charge in [-0.05, 0) is 110 Å². The minimum absolute atomic E-state index is 0.763. The molecule has 2 saturated heterocycles. The van der Waals surface area contributed by atoms with E-state index in [4.69, 9.17) is 0 Å². The zero-order valence-corrected chi connectivity index (χ0v) is 24.2. The Balaban J connectivity index is 1.17. The van der Waals surface area contributed by atoms with Gasteiger partial charge < -0.3 is 0 Å². The van der Waals surface area contributed by atoms with E-state index < -0.39 is 0 Å². The standard InChI is InChI=1S/C34H44NPS/c36-30-17-16-29-33-25(12-7-13-26(30)33)27-18-24(22-10-5-2-6-11-22)20-32-34(27)35(29)28-15-14-23(19-31(28)37-32)21-8-3-1-4-9-21/h1-6,8-11,23-34H,7,12-20,36H2. The zero-order valence-electron chi connectivity index (χ0n) is 22.2. The lowest BCUT2D eigenvalue weighted by Gasteiger charge is -2.69. The van der Waals surface area contributed by atoms with Crippen LogP contribution in [0.25, 0.3) is 0 Å². The minimum atomic E-state index is 0.763. The first-order valence-corrected chi connectivity index (χ1v) is 17.2. The lowest BCUT2D eigenvalue weighted by molar-refractivity contribution is -0.139. The maximum absolute atomic E-state index is 3.33. The number of fused-ring (bicyclic) bond motifs is 4. The van der Waals surface area contributed by atoms with Gasteiger partial charge in [0.05, 0.1) is 0 Å². The molecule has 13 atom stereocenters. The molecule has 1 nitrogen and oxygen atoms in total. The fraction of sp³-hybridized carbons (Fsp3) is 0.647. The Kier molecular flexibility index (Phi) is 6.28. The van der Waals surface area contributed by atoms with E-state index in [2.05, 4.69) is 86.6 Å². The van der Waals surface area contributed by atoms with Crippen LogP contribution in [-0.4, -0.2) is 39.2 Å². The van der Waals surface area contributed by atoms with Crippen molar-refractivity contribution in [3.8, 4) is 0 Å². The number of benzene rings is 2. The molecule has 4 aliphatic carbocycles. The second kappa shape index (κ2) is 9.67. The second-order valence-corrected chi connectivity index (χ2v) is 15.9. The fourth-order valence-electron chi connectivity index (χ4n) is 10.8. The van der Waals surface area contributed by atoms with Crippen molar-refractivity contribution in [1.29, 1.82) is 0 Å². The summed E-state index contributed by atoms with van der Waals surface area (Å²) < 4.78 is 0. The number of rotatable bonds is 2. The monoisotopic (exact) mass is 529 g/mol. The first-order valence-electron chi connectivity index (χ1n) is 15.5. The Bertz CT molecular complexity index is 1090. The predicted octanol–water partition coefficient (Wildman–Crippen LogP) is 8.12. The minimum Gasteiger partial charge on any atom is -0.292 e. The SMILES string of the molecule is PC1CCC2C3C1CCCC3C1CC(c3ccccc3)CC3SC4CC(c5ccccc5)CCC4N2C31. The molecular formula is C34H44NPS. The van der Waals surface area contributed by atoms with Gasteiger partial charge in [0.15, 0.2) is 0 Å². The third-order valence-electron chi connectivity index (χ3n) is 12.1. The van der Waals surface area contributed by atoms with Crippen molar-refractivity contribution in [3.05, 3.63) is 71.8 Å². The second-order valence-electron chi connectivity index (χ2n) is 13.5. The van der Waals surface area contributed by atoms with Gasteiger partial charge in [0.1, 0.15) is 0 Å². The van der Waals surface area contributed by atoms with Crippen molar-refractivity contribution >= 4 is 21.0 Å². The number of nitrogens with zero attached hydrogens (tertiary/aromatic N) is 1. The maximum Gasteiger partial charge on any atom is 0.0252 e. The van der Waals surface area contributed by atoms with Gasteiger partial charge in [-0.1, -0.05) is 67.1 Å². The van der Waals surface area contributed by atoms with Crippen molar-refractivity contribution < 1.29 is 0 Å². The van der Waals surface area contributed by atoms with E-state index in [1.54, 1.807) is 11.1 Å². The van der Waals surface area contributed by atoms with Crippen LogP contribution in [0.1, 0.15) is 87.2 Å². The number of hydrogen-bond acceptors (Lipinski definition) is 2. The van der Waals surface area contributed by atoms with E-state index >= 15 is 0 Å². The average Bonchev–Trinajstić information content (AvgIpc) is 2.96. The molecule has 3 heteroatoms. The smallest absolute Gasteiger partial charge is 0.0252 e. The van der Waals surface area contributed by atoms with Gasteiger partial charge in [-0.25, -0.2) is 0 Å². The first-order chi connectivity index (χ1) is 18.3. The van der Waals surface area contributed by atoms with Gasteiger partial charge in [0, 0.05) is 28.6 Å². The molecule has 0 bridgehead atoms. The Morgan fingerprint density at radius 2 is 1.30 bits per heavy atom. The molecule has 8 rings (SSSR count). The molecule has 2 aromatic carbocycles. The number of thioether (sulfide) groups is 1. The summed E-state index contributed by atoms with van der Waals surface area (Å²) in [5, 5.41) is 1.65. The highest BCUT2D eigenvalue weighted by Gasteiger charge is 2.62. The van der Waals surface area contributed by atoms with Gasteiger partial charge in [-0.3, -0.25) is 4.90 Å². The van der Waals surface area contributed by atoms with Crippen LogP contribution in [0.3, 0.4) is 0 Å². The van der Waals surface area contributed by atoms with Gasteiger partial charge in [0.2, 0.25) is 0 Å². The molecule has 2 aromatic rings. The van der Waals surface area contributed by atoms with E-state index in [0.29, 0.717) is 0 Å². The molecule has 13 unspecified atom stereocenters. The summed E-state index contributed by atoms with van der Waals surface area (Å²) in [6.45, 7) is 0. The van der Waals surface area contributed by atoms with Crippen LogP contribution in [0.5, 0.6) is 0 Å². The van der Waals surface area contributed by atoms with Crippen LogP contribution in [0, 0.1) is 23.7 Å². The molecule has 196 valence electrons. The molecule has 0 aromatic heterocycles. The lowest BCUT2D eigenvalue weighted by atomic mass is 9.52. The van der Waals surface area contributed by atoms with Gasteiger partial charge in [0.25, 0.3) is 0 Å². The highest BCUT2D eigenvalue weighted by molar-refractivity contribution is 8.00. The maximum atomic E-state index is 3.33. The Labute approximate surface area is 231 Å². The molecular weight excluding hydrogens is 485 g/mol. The van der Waals surface area contributed by atoms with Crippen LogP contribution < -0.4 is 0 Å². The molecule has 6 aliphatic rings. The fourth-order valence-corrected chi connectivity index (χ4v) is 13.5. The molecule has 0 N–H and O–H groups in total. The summed E-state index contributed by atoms with van der Waals surface area (Å²) in [6, 6.07) is 25.8. The summed E-state index contributed by atoms with van der Waals surface area (Å²) in [5.41, 5.74) is 4.10. The summed E-state index contributed by atoms with van der Waals surface area (Å²) >= 11 is 2.48. The highest BCUT2D eigenvalue weighted by atomic mass is 32.2. The van der Waals surface area contributed by atoms with Crippen LogP contribution in [0.2, 0.25) is 0 Å². The van der Waals surface area contributed by atoms with Crippen molar-refractivity contribution in [1.82, 2.24) is 4.90 Å². The van der Waals surface area contributed by atoms with Crippen molar-refractivity contribution in [2.24, 2.45) is 23.7 Å². The molecule has 6 fully saturated rings. The average molecular weight is 530 g/mol. The summed E-state index contributed by atoms with van der Waals surface area (Å²) in [5.74, 6) is 5.37. The van der Waals surface area contributed by atoms with Gasteiger partial charge in [-0.15, -0.1) is 9.24 Å². The third kappa shape index (κ3) is 3.94. The summed E-state index contributed by atoms with van der Waals surface area (Å²) in [6.07, 6.45) is 14.5. The van der Waals surface area contributed by atoms with E-state index in [9.17, 15) is 0 Å². The van der Waals surface area contributed by atoms with Crippen LogP contribution in [0.15, 0.2) is 60.7 Å². The molecule has 2 aliphatic heterocycles. The van der Waals surface area contributed by atoms with E-state index in [1.165, 1.54) is 64.2 Å². The quantitative estimate of drug-likeness (QED) is 0.361. The molecule has 0 spiro atoms. The van der Waals surface area contributed by atoms with Crippen LogP contribution >= 0.6 is 21.0 Å². The molecule has 0 amide bonds. The highest BCUT2D eigenvalue weighted by Crippen LogP contribution is 2.63. The van der Waals surface area contributed by atoms with Crippen LogP contribution in [-0.2, 0) is 0 Å². The third-order valence-corrected chi connectivity index (χ3v) is 14.6. The number of piperidine rings is 1. The lowest BCUT2D eigenvalue weighted by Crippen LogP contribution is -2.73. The van der Waals surface area contributed by atoms with Gasteiger partial charge in [-0.2, -0.15) is 11.8 Å². The Hall–Kier alpha value is -0.820. The van der Waals surface area contributed by atoms with Crippen LogP contribution in [0.4, 0.5) is 0 Å². The van der Waals surface area contributed by atoms with E-state index in [1.807, 2.05) is 0 Å². The Morgan fingerprint density at radius 3 is 2.08 bits per heavy atom. The van der Waals surface area contributed by atoms with Gasteiger partial charge >= 0.3 is 0 Å². The normalized spacial score (nSPS) is 46.8. The molecule has 4 saturated carbocycles. The van der Waals surface area contributed by atoms with E-state index in [0.717, 1.165) is 69.8 Å². The first kappa shape index (κ1) is 24.0. The summed E-state index contributed by atoms with van der Waals surface area (Å²) in [4.78, 5) is 3.30. The zero-order chi connectivity index (χ0) is 24.5. The van der Waals surface area contributed by atoms with Crippen molar-refractivity contribution in [2.45, 2.75) is 110 Å².